The van der Waals surface area contributed by atoms with Crippen molar-refractivity contribution in [2.24, 2.45) is 0 Å². The second-order valence-corrected chi connectivity index (χ2v) is 4.75. The molecular weight excluding hydrogens is 312 g/mol. The lowest BCUT2D eigenvalue weighted by Crippen LogP contribution is -2.46. The van der Waals surface area contributed by atoms with Gasteiger partial charge in [-0.2, -0.15) is 0 Å². The maximum Gasteiger partial charge on any atom is 0.337 e. The summed E-state index contributed by atoms with van der Waals surface area (Å²) in [4.78, 5) is 33.1. The summed E-state index contributed by atoms with van der Waals surface area (Å²) < 4.78 is 9.84. The Labute approximate surface area is 130 Å². The Morgan fingerprint density at radius 2 is 1.96 bits per heavy atom. The van der Waals surface area contributed by atoms with E-state index >= 15 is 0 Å². The molecule has 0 aliphatic heterocycles. The molecule has 0 fully saturated rings. The average molecular weight is 328 g/mol. The largest absolute Gasteiger partial charge is 0.493 e. The minimum Gasteiger partial charge on any atom is -0.493 e. The van der Waals surface area contributed by atoms with Crippen LogP contribution in [-0.2, 0) is 4.79 Å². The van der Waals surface area contributed by atoms with Crippen molar-refractivity contribution in [1.29, 1.82) is 0 Å². The van der Waals surface area contributed by atoms with Crippen molar-refractivity contribution in [3.8, 4) is 11.5 Å². The minimum atomic E-state index is -2.17. The summed E-state index contributed by atoms with van der Waals surface area (Å²) in [5, 5.41) is 31.5. The molecule has 3 N–H and O–H groups in total. The number of amides is 1. The third-order valence-electron chi connectivity index (χ3n) is 2.97. The predicted molar refractivity (Wildman–Crippen MR) is 76.8 cm³/mol. The fraction of sp³-hybridized carbons (Fsp3) is 0.385. The number of ether oxygens (including phenoxy) is 2. The number of nitro groups is 1. The summed E-state index contributed by atoms with van der Waals surface area (Å²) in [7, 11) is 2.47. The highest BCUT2D eigenvalue weighted by Crippen LogP contribution is 2.37. The number of benzene rings is 1. The molecular formula is C13H16N2O8. The lowest BCUT2D eigenvalue weighted by molar-refractivity contribution is -0.385. The number of carbonyl (C=O) groups is 2. The molecule has 1 aromatic carbocycles. The number of nitro benzene ring substituents is 1. The monoisotopic (exact) mass is 328 g/mol. The van der Waals surface area contributed by atoms with Crippen LogP contribution in [0.4, 0.5) is 5.69 Å². The number of rotatable bonds is 7. The van der Waals surface area contributed by atoms with E-state index in [0.29, 0.717) is 0 Å². The van der Waals surface area contributed by atoms with Crippen molar-refractivity contribution >= 4 is 17.6 Å². The van der Waals surface area contributed by atoms with Crippen molar-refractivity contribution in [3.05, 3.63) is 27.8 Å². The maximum absolute atomic E-state index is 12.0. The topological polar surface area (TPSA) is 148 Å². The van der Waals surface area contributed by atoms with Crippen LogP contribution in [0.3, 0.4) is 0 Å². The van der Waals surface area contributed by atoms with Crippen LogP contribution in [0.1, 0.15) is 17.3 Å². The fourth-order valence-corrected chi connectivity index (χ4v) is 1.64. The normalized spacial score (nSPS) is 12.9. The number of nitrogens with one attached hydrogen (secondary N) is 1. The number of hydrogen-bond donors (Lipinski definition) is 3. The third-order valence-corrected chi connectivity index (χ3v) is 2.97. The van der Waals surface area contributed by atoms with E-state index in [-0.39, 0.29) is 17.1 Å². The number of methoxy groups -OCH3 is 2. The minimum absolute atomic E-state index is 0.0307. The molecule has 0 aliphatic carbocycles. The van der Waals surface area contributed by atoms with Crippen LogP contribution in [0.25, 0.3) is 0 Å². The van der Waals surface area contributed by atoms with Crippen LogP contribution in [0.15, 0.2) is 12.1 Å². The van der Waals surface area contributed by atoms with Crippen molar-refractivity contribution in [2.75, 3.05) is 20.8 Å². The van der Waals surface area contributed by atoms with E-state index in [2.05, 4.69) is 5.32 Å². The predicted octanol–water partition coefficient (Wildman–Crippen LogP) is 0.177. The molecule has 0 saturated heterocycles. The first kappa shape index (κ1) is 18.2. The van der Waals surface area contributed by atoms with E-state index in [9.17, 15) is 24.8 Å². The van der Waals surface area contributed by atoms with E-state index in [1.54, 1.807) is 0 Å². The van der Waals surface area contributed by atoms with E-state index in [4.69, 9.17) is 14.6 Å². The maximum atomic E-state index is 12.0. The summed E-state index contributed by atoms with van der Waals surface area (Å²) >= 11 is 0. The van der Waals surface area contributed by atoms with Crippen molar-refractivity contribution in [3.63, 3.8) is 0 Å². The van der Waals surface area contributed by atoms with Gasteiger partial charge < -0.3 is 25.0 Å². The summed E-state index contributed by atoms with van der Waals surface area (Å²) in [5.74, 6) is -2.50. The molecule has 1 rings (SSSR count). The van der Waals surface area contributed by atoms with Crippen molar-refractivity contribution in [1.82, 2.24) is 5.32 Å². The molecule has 126 valence electrons. The zero-order chi connectivity index (χ0) is 17.8. The van der Waals surface area contributed by atoms with Gasteiger partial charge in [-0.3, -0.25) is 14.9 Å². The van der Waals surface area contributed by atoms with Gasteiger partial charge in [0.05, 0.1) is 31.3 Å². The average Bonchev–Trinajstić information content (AvgIpc) is 2.50. The Kier molecular flexibility index (Phi) is 5.47. The lowest BCUT2D eigenvalue weighted by atomic mass is 10.1. The summed E-state index contributed by atoms with van der Waals surface area (Å²) in [5.41, 5.74) is -2.80. The molecule has 10 heteroatoms. The Bertz CT molecular complexity index is 641. The van der Waals surface area contributed by atoms with Crippen LogP contribution >= 0.6 is 0 Å². The number of carboxylic acids is 1. The van der Waals surface area contributed by atoms with Gasteiger partial charge in [0.15, 0.2) is 11.4 Å². The Morgan fingerprint density at radius 3 is 2.39 bits per heavy atom. The molecule has 23 heavy (non-hydrogen) atoms. The van der Waals surface area contributed by atoms with Crippen LogP contribution in [0.2, 0.25) is 0 Å². The first-order chi connectivity index (χ1) is 10.6. The van der Waals surface area contributed by atoms with E-state index in [1.807, 2.05) is 0 Å². The standard InChI is InChI=1S/C13H16N2O8/c1-13(19,12(17)18)6-14-11(16)7-4-8(15(20)21)10(23-3)9(5-7)22-2/h4-5,19H,6H2,1-3H3,(H,14,16)(H,17,18). The third kappa shape index (κ3) is 4.07. The smallest absolute Gasteiger partial charge is 0.337 e. The van der Waals surface area contributed by atoms with Gasteiger partial charge in [0.2, 0.25) is 5.75 Å². The zero-order valence-corrected chi connectivity index (χ0v) is 12.7. The summed E-state index contributed by atoms with van der Waals surface area (Å²) in [6.07, 6.45) is 0. The van der Waals surface area contributed by atoms with Gasteiger partial charge in [-0.25, -0.2) is 4.79 Å². The lowest BCUT2D eigenvalue weighted by Gasteiger charge is -2.18. The van der Waals surface area contributed by atoms with Crippen molar-refractivity contribution < 1.29 is 34.2 Å². The first-order valence-corrected chi connectivity index (χ1v) is 6.28. The molecule has 0 radical (unpaired) electrons. The summed E-state index contributed by atoms with van der Waals surface area (Å²) in [6.45, 7) is 0.427. The number of nitrogens with zero attached hydrogens (tertiary/aromatic N) is 1. The number of carbonyl (C=O) groups excluding carboxylic acids is 1. The second-order valence-electron chi connectivity index (χ2n) is 4.75. The molecule has 0 aliphatic rings. The van der Waals surface area contributed by atoms with Crippen LogP contribution in [0.5, 0.6) is 11.5 Å². The molecule has 1 atom stereocenters. The van der Waals surface area contributed by atoms with Gasteiger partial charge in [-0.05, 0) is 13.0 Å². The molecule has 1 aromatic rings. The highest BCUT2D eigenvalue weighted by molar-refractivity contribution is 5.96. The molecule has 10 nitrogen and oxygen atoms in total. The van der Waals surface area contributed by atoms with Gasteiger partial charge in [-0.15, -0.1) is 0 Å². The second kappa shape index (κ2) is 6.92. The molecule has 1 unspecified atom stereocenters. The highest BCUT2D eigenvalue weighted by Gasteiger charge is 2.31. The van der Waals surface area contributed by atoms with Gasteiger partial charge in [0.1, 0.15) is 0 Å². The Morgan fingerprint density at radius 1 is 1.35 bits per heavy atom. The van der Waals surface area contributed by atoms with E-state index in [1.165, 1.54) is 20.3 Å². The SMILES string of the molecule is COc1cc(C(=O)NCC(C)(O)C(=O)O)cc([N+](=O)[O-])c1OC. The van der Waals surface area contributed by atoms with Crippen LogP contribution in [0, 0.1) is 10.1 Å². The van der Waals surface area contributed by atoms with E-state index in [0.717, 1.165) is 13.0 Å². The van der Waals surface area contributed by atoms with Crippen LogP contribution in [-0.4, -0.2) is 53.4 Å². The van der Waals surface area contributed by atoms with Gasteiger partial charge >= 0.3 is 11.7 Å². The Hall–Kier alpha value is -2.88. The van der Waals surface area contributed by atoms with E-state index < -0.39 is 34.6 Å². The number of hydrogen-bond acceptors (Lipinski definition) is 7. The number of carboxylic acid groups (broad SMARTS) is 1. The Balaban J connectivity index is 3.13. The quantitative estimate of drug-likeness (QED) is 0.474. The molecule has 0 spiro atoms. The van der Waals surface area contributed by atoms with Gasteiger partial charge in [0.25, 0.3) is 5.91 Å². The number of aliphatic hydroxyl groups is 1. The number of aliphatic carboxylic acids is 1. The zero-order valence-electron chi connectivity index (χ0n) is 12.7. The fourth-order valence-electron chi connectivity index (χ4n) is 1.64. The molecule has 0 saturated carbocycles. The van der Waals surface area contributed by atoms with Crippen molar-refractivity contribution in [2.45, 2.75) is 12.5 Å². The molecule has 0 aromatic heterocycles. The van der Waals surface area contributed by atoms with Gasteiger partial charge in [-0.1, -0.05) is 0 Å². The first-order valence-electron chi connectivity index (χ1n) is 6.28. The highest BCUT2D eigenvalue weighted by atomic mass is 16.6. The molecule has 0 heterocycles. The molecule has 1 amide bonds. The summed E-state index contributed by atoms with van der Waals surface area (Å²) in [6, 6.07) is 2.17. The van der Waals surface area contributed by atoms with Gasteiger partial charge in [0, 0.05) is 6.07 Å². The van der Waals surface area contributed by atoms with Crippen LogP contribution < -0.4 is 14.8 Å². The molecule has 0 bridgehead atoms.